The van der Waals surface area contributed by atoms with Crippen LogP contribution in [0.3, 0.4) is 0 Å². The van der Waals surface area contributed by atoms with Gasteiger partial charge in [0, 0.05) is 30.0 Å². The highest BCUT2D eigenvalue weighted by Crippen LogP contribution is 2.30. The summed E-state index contributed by atoms with van der Waals surface area (Å²) in [6, 6.07) is 5.17. The third-order valence-electron chi connectivity index (χ3n) is 3.24. The lowest BCUT2D eigenvalue weighted by Gasteiger charge is -2.03. The molecule has 1 aromatic carbocycles. The Labute approximate surface area is 145 Å². The number of oxazole rings is 1. The van der Waals surface area contributed by atoms with Crippen molar-refractivity contribution >= 4 is 29.1 Å². The van der Waals surface area contributed by atoms with Gasteiger partial charge in [0.1, 0.15) is 0 Å². The van der Waals surface area contributed by atoms with Crippen LogP contribution in [0.15, 0.2) is 28.8 Å². The minimum Gasteiger partial charge on any atom is -0.441 e. The van der Waals surface area contributed by atoms with Gasteiger partial charge in [0.05, 0.1) is 11.2 Å². The Morgan fingerprint density at radius 2 is 2.13 bits per heavy atom. The predicted octanol–water partition coefficient (Wildman–Crippen LogP) is 3.31. The Morgan fingerprint density at radius 1 is 1.30 bits per heavy atom. The van der Waals surface area contributed by atoms with Crippen molar-refractivity contribution < 1.29 is 9.21 Å². The normalized spacial score (nSPS) is 10.7. The van der Waals surface area contributed by atoms with E-state index in [2.05, 4.69) is 15.6 Å². The minimum absolute atomic E-state index is 0.00891. The fraction of sp³-hybridized carbons (Fsp3) is 0.375. The van der Waals surface area contributed by atoms with Crippen LogP contribution in [0.25, 0.3) is 11.3 Å². The van der Waals surface area contributed by atoms with E-state index in [1.54, 1.807) is 24.4 Å². The van der Waals surface area contributed by atoms with Crippen LogP contribution in [0.1, 0.15) is 18.7 Å². The number of halogens is 2. The van der Waals surface area contributed by atoms with Crippen LogP contribution in [0.2, 0.25) is 10.0 Å². The summed E-state index contributed by atoms with van der Waals surface area (Å²) in [7, 11) is 1.88. The third kappa shape index (κ3) is 5.53. The number of rotatable bonds is 8. The maximum Gasteiger partial charge on any atom is 0.220 e. The SMILES string of the molecule is CNCCCNC(=O)CCc1ncc(-c2ccc(Cl)cc2Cl)o1. The smallest absolute Gasteiger partial charge is 0.220 e. The van der Waals surface area contributed by atoms with Gasteiger partial charge in [0.25, 0.3) is 0 Å². The van der Waals surface area contributed by atoms with Crippen molar-refractivity contribution in [1.82, 2.24) is 15.6 Å². The zero-order valence-corrected chi connectivity index (χ0v) is 14.4. The molecule has 0 bridgehead atoms. The molecule has 0 spiro atoms. The Bertz CT molecular complexity index is 659. The molecule has 1 heterocycles. The van der Waals surface area contributed by atoms with Gasteiger partial charge in [0.15, 0.2) is 11.7 Å². The summed E-state index contributed by atoms with van der Waals surface area (Å²) in [6.45, 7) is 1.54. The van der Waals surface area contributed by atoms with E-state index in [9.17, 15) is 4.79 Å². The molecule has 0 aliphatic heterocycles. The molecule has 23 heavy (non-hydrogen) atoms. The van der Waals surface area contributed by atoms with Crippen LogP contribution in [0, 0.1) is 0 Å². The number of nitrogens with zero attached hydrogens (tertiary/aromatic N) is 1. The summed E-state index contributed by atoms with van der Waals surface area (Å²) in [5, 5.41) is 6.95. The lowest BCUT2D eigenvalue weighted by Crippen LogP contribution is -2.26. The fourth-order valence-corrected chi connectivity index (χ4v) is 2.54. The lowest BCUT2D eigenvalue weighted by atomic mass is 10.2. The molecule has 2 rings (SSSR count). The first-order chi connectivity index (χ1) is 11.1. The van der Waals surface area contributed by atoms with Gasteiger partial charge in [-0.05, 0) is 38.2 Å². The van der Waals surface area contributed by atoms with E-state index in [1.807, 2.05) is 7.05 Å². The Hall–Kier alpha value is -1.56. The van der Waals surface area contributed by atoms with Crippen molar-refractivity contribution in [2.24, 2.45) is 0 Å². The van der Waals surface area contributed by atoms with Gasteiger partial charge in [-0.15, -0.1) is 0 Å². The van der Waals surface area contributed by atoms with E-state index >= 15 is 0 Å². The third-order valence-corrected chi connectivity index (χ3v) is 3.79. The summed E-state index contributed by atoms with van der Waals surface area (Å²) >= 11 is 12.0. The topological polar surface area (TPSA) is 67.2 Å². The molecule has 0 fully saturated rings. The molecule has 2 aromatic rings. The molecule has 0 aliphatic rings. The second kappa shape index (κ2) is 8.91. The van der Waals surface area contributed by atoms with E-state index in [0.717, 1.165) is 18.5 Å². The Morgan fingerprint density at radius 3 is 2.87 bits per heavy atom. The van der Waals surface area contributed by atoms with Gasteiger partial charge in [-0.25, -0.2) is 4.98 Å². The molecule has 7 heteroatoms. The van der Waals surface area contributed by atoms with Crippen LogP contribution < -0.4 is 10.6 Å². The van der Waals surface area contributed by atoms with Crippen molar-refractivity contribution in [2.45, 2.75) is 19.3 Å². The highest BCUT2D eigenvalue weighted by atomic mass is 35.5. The van der Waals surface area contributed by atoms with Crippen molar-refractivity contribution in [3.05, 3.63) is 40.3 Å². The van der Waals surface area contributed by atoms with Crippen molar-refractivity contribution in [3.8, 4) is 11.3 Å². The molecular formula is C16H19Cl2N3O2. The molecule has 1 aromatic heterocycles. The van der Waals surface area contributed by atoms with E-state index < -0.39 is 0 Å². The molecule has 0 saturated carbocycles. The summed E-state index contributed by atoms with van der Waals surface area (Å²) in [6.07, 6.45) is 3.30. The van der Waals surface area contributed by atoms with Gasteiger partial charge >= 0.3 is 0 Å². The Balaban J connectivity index is 1.86. The number of hydrogen-bond acceptors (Lipinski definition) is 4. The highest BCUT2D eigenvalue weighted by Gasteiger charge is 2.11. The molecule has 0 radical (unpaired) electrons. The summed E-state index contributed by atoms with van der Waals surface area (Å²) < 4.78 is 5.66. The number of benzene rings is 1. The maximum absolute atomic E-state index is 11.7. The summed E-state index contributed by atoms with van der Waals surface area (Å²) in [4.78, 5) is 15.9. The van der Waals surface area contributed by atoms with E-state index in [1.165, 1.54) is 0 Å². The summed E-state index contributed by atoms with van der Waals surface area (Å²) in [5.74, 6) is 1.07. The van der Waals surface area contributed by atoms with Gasteiger partial charge in [-0.2, -0.15) is 0 Å². The zero-order valence-electron chi connectivity index (χ0n) is 12.9. The van der Waals surface area contributed by atoms with E-state index in [0.29, 0.717) is 41.1 Å². The van der Waals surface area contributed by atoms with Crippen molar-refractivity contribution in [3.63, 3.8) is 0 Å². The number of aromatic nitrogens is 1. The first-order valence-electron chi connectivity index (χ1n) is 7.41. The monoisotopic (exact) mass is 355 g/mol. The first-order valence-corrected chi connectivity index (χ1v) is 8.17. The van der Waals surface area contributed by atoms with Gasteiger partial charge in [-0.3, -0.25) is 4.79 Å². The number of nitrogens with one attached hydrogen (secondary N) is 2. The van der Waals surface area contributed by atoms with E-state index in [-0.39, 0.29) is 5.91 Å². The van der Waals surface area contributed by atoms with Crippen LogP contribution >= 0.6 is 23.2 Å². The van der Waals surface area contributed by atoms with Gasteiger partial charge < -0.3 is 15.1 Å². The minimum atomic E-state index is -0.00891. The second-order valence-corrected chi connectivity index (χ2v) is 5.89. The fourth-order valence-electron chi connectivity index (χ4n) is 2.04. The Kier molecular flexibility index (Phi) is 6.89. The van der Waals surface area contributed by atoms with Crippen molar-refractivity contribution in [1.29, 1.82) is 0 Å². The van der Waals surface area contributed by atoms with Crippen molar-refractivity contribution in [2.75, 3.05) is 20.1 Å². The second-order valence-electron chi connectivity index (χ2n) is 5.05. The van der Waals surface area contributed by atoms with Crippen LogP contribution in [0.5, 0.6) is 0 Å². The highest BCUT2D eigenvalue weighted by molar-refractivity contribution is 6.36. The zero-order chi connectivity index (χ0) is 16.7. The molecule has 124 valence electrons. The number of amides is 1. The predicted molar refractivity (Wildman–Crippen MR) is 91.8 cm³/mol. The number of hydrogen-bond donors (Lipinski definition) is 2. The van der Waals surface area contributed by atoms with Gasteiger partial charge in [-0.1, -0.05) is 23.2 Å². The molecule has 5 nitrogen and oxygen atoms in total. The number of carbonyl (C=O) groups excluding carboxylic acids is 1. The molecule has 0 atom stereocenters. The first kappa shape index (κ1) is 17.8. The number of carbonyl (C=O) groups is 1. The molecule has 0 aliphatic carbocycles. The molecule has 2 N–H and O–H groups in total. The molecular weight excluding hydrogens is 337 g/mol. The average molecular weight is 356 g/mol. The summed E-state index contributed by atoms with van der Waals surface area (Å²) in [5.41, 5.74) is 0.728. The molecule has 1 amide bonds. The molecule has 0 saturated heterocycles. The van der Waals surface area contributed by atoms with Crippen LogP contribution in [0.4, 0.5) is 0 Å². The van der Waals surface area contributed by atoms with Crippen LogP contribution in [-0.4, -0.2) is 31.0 Å². The quantitative estimate of drug-likeness (QED) is 0.712. The largest absolute Gasteiger partial charge is 0.441 e. The maximum atomic E-state index is 11.7. The van der Waals surface area contributed by atoms with E-state index in [4.69, 9.17) is 27.6 Å². The molecule has 0 unspecified atom stereocenters. The van der Waals surface area contributed by atoms with Gasteiger partial charge in [0.2, 0.25) is 5.91 Å². The standard InChI is InChI=1S/C16H19Cl2N3O2/c1-19-7-2-8-20-15(22)5-6-16-21-10-14(23-16)12-4-3-11(17)9-13(12)18/h3-4,9-10,19H,2,5-8H2,1H3,(H,20,22). The van der Waals surface area contributed by atoms with Crippen LogP contribution in [-0.2, 0) is 11.2 Å². The average Bonchev–Trinajstić information content (AvgIpc) is 2.98. The lowest BCUT2D eigenvalue weighted by molar-refractivity contribution is -0.121. The number of aryl methyl sites for hydroxylation is 1.